The molecule has 1 saturated heterocycles. The zero-order valence-electron chi connectivity index (χ0n) is 13.6. The molecule has 3 N–H and O–H groups in total. The van der Waals surface area contributed by atoms with Crippen molar-refractivity contribution in [3.05, 3.63) is 24.3 Å². The van der Waals surface area contributed by atoms with Crippen LogP contribution in [-0.4, -0.2) is 37.6 Å². The highest BCUT2D eigenvalue weighted by Crippen LogP contribution is 2.15. The van der Waals surface area contributed by atoms with E-state index in [1.165, 1.54) is 0 Å². The predicted octanol–water partition coefficient (Wildman–Crippen LogP) is 2.13. The number of carbonyl (C=O) groups excluding carboxylic acids is 2. The number of hydrogen-bond donors (Lipinski definition) is 3. The van der Waals surface area contributed by atoms with Crippen LogP contribution in [0.3, 0.4) is 0 Å². The molecular weight excluding hydrogens is 294 g/mol. The van der Waals surface area contributed by atoms with Gasteiger partial charge in [-0.05, 0) is 37.5 Å². The molecule has 1 unspecified atom stereocenters. The second kappa shape index (κ2) is 9.27. The first-order chi connectivity index (χ1) is 11.2. The topological polar surface area (TPSA) is 79.5 Å². The molecule has 0 bridgehead atoms. The summed E-state index contributed by atoms with van der Waals surface area (Å²) in [5, 5.41) is 8.74. The molecule has 2 rings (SSSR count). The molecule has 6 nitrogen and oxygen atoms in total. The third-order valence-electron chi connectivity index (χ3n) is 3.59. The molecule has 1 atom stereocenters. The number of hydrogen-bond acceptors (Lipinski definition) is 4. The fraction of sp³-hybridized carbons (Fsp3) is 0.529. The summed E-state index contributed by atoms with van der Waals surface area (Å²) in [5.41, 5.74) is 1.36. The molecule has 126 valence electrons. The molecule has 2 amide bonds. The van der Waals surface area contributed by atoms with Crippen LogP contribution in [0.5, 0.6) is 0 Å². The maximum atomic E-state index is 11.9. The van der Waals surface area contributed by atoms with E-state index in [9.17, 15) is 9.59 Å². The Labute approximate surface area is 137 Å². The van der Waals surface area contributed by atoms with Gasteiger partial charge in [0.2, 0.25) is 11.8 Å². The maximum absolute atomic E-state index is 11.9. The van der Waals surface area contributed by atoms with E-state index in [1.807, 2.05) is 6.92 Å². The summed E-state index contributed by atoms with van der Waals surface area (Å²) in [4.78, 5) is 23.5. The fourth-order valence-electron chi connectivity index (χ4n) is 2.48. The van der Waals surface area contributed by atoms with Crippen LogP contribution < -0.4 is 16.0 Å². The second-order valence-corrected chi connectivity index (χ2v) is 5.69. The first kappa shape index (κ1) is 17.4. The SMILES string of the molecule is CCCC(=O)Nc1cccc(NC(=O)CNCC2CCCO2)c1. The average Bonchev–Trinajstić information content (AvgIpc) is 3.01. The lowest BCUT2D eigenvalue weighted by molar-refractivity contribution is -0.116. The van der Waals surface area contributed by atoms with Gasteiger partial charge in [-0.25, -0.2) is 0 Å². The van der Waals surface area contributed by atoms with Crippen LogP contribution >= 0.6 is 0 Å². The summed E-state index contributed by atoms with van der Waals surface area (Å²) in [5.74, 6) is -0.130. The van der Waals surface area contributed by atoms with Crippen LogP contribution in [0.15, 0.2) is 24.3 Å². The Morgan fingerprint density at radius 2 is 1.96 bits per heavy atom. The Bertz CT molecular complexity index is 528. The minimum atomic E-state index is -0.111. The number of ether oxygens (including phenoxy) is 1. The molecule has 1 aromatic rings. The van der Waals surface area contributed by atoms with E-state index in [-0.39, 0.29) is 24.5 Å². The van der Waals surface area contributed by atoms with Crippen molar-refractivity contribution in [3.63, 3.8) is 0 Å². The summed E-state index contributed by atoms with van der Waals surface area (Å²) < 4.78 is 5.49. The van der Waals surface area contributed by atoms with Crippen LogP contribution in [-0.2, 0) is 14.3 Å². The fourth-order valence-corrected chi connectivity index (χ4v) is 2.48. The summed E-state index contributed by atoms with van der Waals surface area (Å²) in [6, 6.07) is 7.16. The van der Waals surface area contributed by atoms with Gasteiger partial charge in [-0.1, -0.05) is 13.0 Å². The minimum Gasteiger partial charge on any atom is -0.377 e. The number of amides is 2. The van der Waals surface area contributed by atoms with Crippen molar-refractivity contribution >= 4 is 23.2 Å². The molecule has 0 saturated carbocycles. The van der Waals surface area contributed by atoms with Crippen LogP contribution in [0.1, 0.15) is 32.6 Å². The molecule has 0 aromatic heterocycles. The van der Waals surface area contributed by atoms with Crippen molar-refractivity contribution in [2.45, 2.75) is 38.7 Å². The van der Waals surface area contributed by atoms with E-state index >= 15 is 0 Å². The van der Waals surface area contributed by atoms with Crippen LogP contribution in [0, 0.1) is 0 Å². The van der Waals surface area contributed by atoms with Crippen molar-refractivity contribution in [2.75, 3.05) is 30.3 Å². The van der Waals surface area contributed by atoms with E-state index in [1.54, 1.807) is 24.3 Å². The van der Waals surface area contributed by atoms with Crippen molar-refractivity contribution in [1.29, 1.82) is 0 Å². The van der Waals surface area contributed by atoms with Gasteiger partial charge < -0.3 is 20.7 Å². The molecule has 6 heteroatoms. The molecular formula is C17H25N3O3. The Morgan fingerprint density at radius 1 is 1.22 bits per heavy atom. The monoisotopic (exact) mass is 319 g/mol. The number of benzene rings is 1. The molecule has 0 aliphatic carbocycles. The lowest BCUT2D eigenvalue weighted by atomic mass is 10.2. The second-order valence-electron chi connectivity index (χ2n) is 5.69. The van der Waals surface area contributed by atoms with Gasteiger partial charge in [0.05, 0.1) is 12.6 Å². The lowest BCUT2D eigenvalue weighted by Gasteiger charge is -2.11. The summed E-state index contributed by atoms with van der Waals surface area (Å²) >= 11 is 0. The largest absolute Gasteiger partial charge is 0.377 e. The zero-order valence-corrected chi connectivity index (χ0v) is 13.6. The van der Waals surface area contributed by atoms with Gasteiger partial charge in [-0.15, -0.1) is 0 Å². The van der Waals surface area contributed by atoms with Crippen molar-refractivity contribution < 1.29 is 14.3 Å². The van der Waals surface area contributed by atoms with Gasteiger partial charge in [0.25, 0.3) is 0 Å². The number of carbonyl (C=O) groups is 2. The molecule has 1 aliphatic rings. The summed E-state index contributed by atoms with van der Waals surface area (Å²) in [6.45, 7) is 3.71. The highest BCUT2D eigenvalue weighted by molar-refractivity contribution is 5.94. The number of rotatable bonds is 8. The average molecular weight is 319 g/mol. The lowest BCUT2D eigenvalue weighted by Crippen LogP contribution is -2.33. The Hall–Kier alpha value is -1.92. The third kappa shape index (κ3) is 6.38. The van der Waals surface area contributed by atoms with Gasteiger partial charge in [0.15, 0.2) is 0 Å². The quantitative estimate of drug-likeness (QED) is 0.686. The summed E-state index contributed by atoms with van der Waals surface area (Å²) in [6.07, 6.45) is 3.66. The van der Waals surface area contributed by atoms with E-state index in [2.05, 4.69) is 16.0 Å². The summed E-state index contributed by atoms with van der Waals surface area (Å²) in [7, 11) is 0. The van der Waals surface area contributed by atoms with Gasteiger partial charge in [0, 0.05) is 30.9 Å². The predicted molar refractivity (Wildman–Crippen MR) is 90.5 cm³/mol. The highest BCUT2D eigenvalue weighted by Gasteiger charge is 2.15. The Balaban J connectivity index is 1.75. The first-order valence-electron chi connectivity index (χ1n) is 8.19. The molecule has 1 aliphatic heterocycles. The number of anilines is 2. The zero-order chi connectivity index (χ0) is 16.5. The molecule has 1 heterocycles. The van der Waals surface area contributed by atoms with Gasteiger partial charge in [0.1, 0.15) is 0 Å². The molecule has 1 fully saturated rings. The smallest absolute Gasteiger partial charge is 0.238 e. The number of nitrogens with one attached hydrogen (secondary N) is 3. The van der Waals surface area contributed by atoms with Crippen molar-refractivity contribution in [3.8, 4) is 0 Å². The molecule has 1 aromatic carbocycles. The maximum Gasteiger partial charge on any atom is 0.238 e. The van der Waals surface area contributed by atoms with Gasteiger partial charge >= 0.3 is 0 Å². The minimum absolute atomic E-state index is 0.0193. The van der Waals surface area contributed by atoms with Gasteiger partial charge in [-0.3, -0.25) is 9.59 Å². The normalized spacial score (nSPS) is 17.0. The van der Waals surface area contributed by atoms with E-state index < -0.39 is 0 Å². The standard InChI is InChI=1S/C17H25N3O3/c1-2-5-16(21)19-13-6-3-7-14(10-13)20-17(22)12-18-11-15-8-4-9-23-15/h3,6-7,10,15,18H,2,4-5,8-9,11-12H2,1H3,(H,19,21)(H,20,22). The third-order valence-corrected chi connectivity index (χ3v) is 3.59. The first-order valence-corrected chi connectivity index (χ1v) is 8.19. The molecule has 0 radical (unpaired) electrons. The van der Waals surface area contributed by atoms with E-state index in [0.29, 0.717) is 24.3 Å². The van der Waals surface area contributed by atoms with Crippen LogP contribution in [0.2, 0.25) is 0 Å². The van der Waals surface area contributed by atoms with Gasteiger partial charge in [-0.2, -0.15) is 0 Å². The molecule has 23 heavy (non-hydrogen) atoms. The van der Waals surface area contributed by atoms with Crippen molar-refractivity contribution in [2.24, 2.45) is 0 Å². The van der Waals surface area contributed by atoms with E-state index in [4.69, 9.17) is 4.74 Å². The Morgan fingerprint density at radius 3 is 2.61 bits per heavy atom. The van der Waals surface area contributed by atoms with Crippen molar-refractivity contribution in [1.82, 2.24) is 5.32 Å². The molecule has 0 spiro atoms. The van der Waals surface area contributed by atoms with E-state index in [0.717, 1.165) is 25.9 Å². The van der Waals surface area contributed by atoms with Crippen LogP contribution in [0.4, 0.5) is 11.4 Å². The highest BCUT2D eigenvalue weighted by atomic mass is 16.5. The van der Waals surface area contributed by atoms with Crippen LogP contribution in [0.25, 0.3) is 0 Å². The Kier molecular flexibility index (Phi) is 7.03.